The van der Waals surface area contributed by atoms with E-state index in [1.807, 2.05) is 4.90 Å². The highest BCUT2D eigenvalue weighted by Crippen LogP contribution is 2.30. The summed E-state index contributed by atoms with van der Waals surface area (Å²) in [6.07, 6.45) is 0. The molecule has 0 N–H and O–H groups in total. The number of carbonyl (C=O) groups is 2. The molecule has 0 aliphatic carbocycles. The van der Waals surface area contributed by atoms with Crippen LogP contribution in [0.2, 0.25) is 0 Å². The van der Waals surface area contributed by atoms with Gasteiger partial charge in [0.05, 0.1) is 36.1 Å². The van der Waals surface area contributed by atoms with Crippen LogP contribution in [0.3, 0.4) is 0 Å². The quantitative estimate of drug-likeness (QED) is 0.453. The van der Waals surface area contributed by atoms with Gasteiger partial charge in [-0.25, -0.2) is 9.59 Å². The molecule has 0 atom stereocenters. The standard InChI is InChI=1S/C17H23N3O6/c1-17(2,3)16(22)26-19-9-7-18(8-10-19)13-6-5-12(15(21)25-4)11-14(13)20(23)24/h5-6,11H,7-10H2,1-4H3. The second-order valence-corrected chi connectivity index (χ2v) is 7.00. The molecule has 1 heterocycles. The Hall–Kier alpha value is -2.68. The van der Waals surface area contributed by atoms with Crippen molar-refractivity contribution in [1.29, 1.82) is 0 Å². The molecule has 0 spiro atoms. The molecule has 1 aliphatic heterocycles. The molecule has 0 saturated carbocycles. The lowest BCUT2D eigenvalue weighted by Crippen LogP contribution is -2.48. The maximum atomic E-state index is 11.9. The molecule has 0 amide bonds. The second kappa shape index (κ2) is 7.69. The van der Waals surface area contributed by atoms with E-state index in [-0.39, 0.29) is 17.2 Å². The summed E-state index contributed by atoms with van der Waals surface area (Å²) in [4.78, 5) is 41.6. The molecule has 1 aliphatic rings. The average Bonchev–Trinajstić information content (AvgIpc) is 2.60. The summed E-state index contributed by atoms with van der Waals surface area (Å²) in [6.45, 7) is 7.09. The number of anilines is 1. The van der Waals surface area contributed by atoms with Crippen molar-refractivity contribution in [1.82, 2.24) is 5.06 Å². The Balaban J connectivity index is 2.10. The van der Waals surface area contributed by atoms with Crippen LogP contribution in [0.5, 0.6) is 0 Å². The molecule has 9 heteroatoms. The number of hydrogen-bond donors (Lipinski definition) is 0. The number of rotatable bonds is 4. The Labute approximate surface area is 151 Å². The van der Waals surface area contributed by atoms with Gasteiger partial charge < -0.3 is 14.5 Å². The zero-order chi connectivity index (χ0) is 19.5. The van der Waals surface area contributed by atoms with Crippen molar-refractivity contribution < 1.29 is 24.1 Å². The lowest BCUT2D eigenvalue weighted by molar-refractivity contribution is -0.384. The maximum absolute atomic E-state index is 11.9. The zero-order valence-electron chi connectivity index (χ0n) is 15.4. The molecule has 2 rings (SSSR count). The number of hydroxylamine groups is 2. The third-order valence-electron chi connectivity index (χ3n) is 4.00. The monoisotopic (exact) mass is 365 g/mol. The van der Waals surface area contributed by atoms with Crippen molar-refractivity contribution in [2.45, 2.75) is 20.8 Å². The van der Waals surface area contributed by atoms with Crippen LogP contribution < -0.4 is 4.90 Å². The smallest absolute Gasteiger partial charge is 0.338 e. The molecule has 1 aromatic carbocycles. The fourth-order valence-corrected chi connectivity index (χ4v) is 2.46. The number of piperazine rings is 1. The first-order valence-corrected chi connectivity index (χ1v) is 8.22. The van der Waals surface area contributed by atoms with Crippen LogP contribution in [0.1, 0.15) is 31.1 Å². The molecule has 26 heavy (non-hydrogen) atoms. The van der Waals surface area contributed by atoms with E-state index in [0.717, 1.165) is 0 Å². The van der Waals surface area contributed by atoms with Gasteiger partial charge in [-0.15, -0.1) is 5.06 Å². The Morgan fingerprint density at radius 3 is 2.27 bits per heavy atom. The first-order valence-electron chi connectivity index (χ1n) is 8.22. The summed E-state index contributed by atoms with van der Waals surface area (Å²) in [5.41, 5.74) is -0.210. The lowest BCUT2D eigenvalue weighted by atomic mass is 9.98. The minimum Gasteiger partial charge on any atom is -0.465 e. The molecule has 1 aromatic rings. The van der Waals surface area contributed by atoms with Gasteiger partial charge in [0.1, 0.15) is 5.69 Å². The van der Waals surface area contributed by atoms with E-state index in [4.69, 9.17) is 4.84 Å². The van der Waals surface area contributed by atoms with E-state index in [1.54, 1.807) is 31.9 Å². The van der Waals surface area contributed by atoms with Gasteiger partial charge in [0.2, 0.25) is 0 Å². The minimum absolute atomic E-state index is 0.126. The van der Waals surface area contributed by atoms with E-state index in [2.05, 4.69) is 4.74 Å². The molecule has 142 valence electrons. The van der Waals surface area contributed by atoms with Crippen molar-refractivity contribution in [3.8, 4) is 0 Å². The third kappa shape index (κ3) is 4.48. The van der Waals surface area contributed by atoms with Crippen LogP contribution in [0.25, 0.3) is 0 Å². The van der Waals surface area contributed by atoms with E-state index in [0.29, 0.717) is 31.9 Å². The number of hydrogen-bond acceptors (Lipinski definition) is 8. The van der Waals surface area contributed by atoms with E-state index >= 15 is 0 Å². The SMILES string of the molecule is COC(=O)c1ccc(N2CCN(OC(=O)C(C)(C)C)CC2)c([N+](=O)[O-])c1. The van der Waals surface area contributed by atoms with Crippen molar-refractivity contribution in [3.63, 3.8) is 0 Å². The van der Waals surface area contributed by atoms with Gasteiger partial charge in [0, 0.05) is 19.2 Å². The summed E-state index contributed by atoms with van der Waals surface area (Å²) in [5, 5.41) is 13.0. The van der Waals surface area contributed by atoms with Gasteiger partial charge in [-0.3, -0.25) is 10.1 Å². The van der Waals surface area contributed by atoms with Crippen LogP contribution in [-0.2, 0) is 14.4 Å². The fourth-order valence-electron chi connectivity index (χ4n) is 2.46. The van der Waals surface area contributed by atoms with Crippen molar-refractivity contribution >= 4 is 23.3 Å². The van der Waals surface area contributed by atoms with Gasteiger partial charge in [0.15, 0.2) is 0 Å². The van der Waals surface area contributed by atoms with Crippen molar-refractivity contribution in [3.05, 3.63) is 33.9 Å². The normalized spacial score (nSPS) is 15.5. The largest absolute Gasteiger partial charge is 0.465 e. The van der Waals surface area contributed by atoms with E-state index in [1.165, 1.54) is 19.2 Å². The van der Waals surface area contributed by atoms with Crippen molar-refractivity contribution in [2.75, 3.05) is 38.2 Å². The first-order chi connectivity index (χ1) is 12.1. The zero-order valence-corrected chi connectivity index (χ0v) is 15.4. The molecular weight excluding hydrogens is 342 g/mol. The molecule has 1 fully saturated rings. The van der Waals surface area contributed by atoms with Gasteiger partial charge in [-0.2, -0.15) is 0 Å². The van der Waals surface area contributed by atoms with Gasteiger partial charge in [-0.05, 0) is 32.9 Å². The lowest BCUT2D eigenvalue weighted by Gasteiger charge is -2.35. The summed E-state index contributed by atoms with van der Waals surface area (Å²) >= 11 is 0. The van der Waals surface area contributed by atoms with Gasteiger partial charge >= 0.3 is 11.9 Å². The Morgan fingerprint density at radius 2 is 1.77 bits per heavy atom. The molecule has 0 aromatic heterocycles. The first kappa shape index (κ1) is 19.6. The maximum Gasteiger partial charge on any atom is 0.338 e. The summed E-state index contributed by atoms with van der Waals surface area (Å²) in [6, 6.07) is 4.26. The number of esters is 1. The Kier molecular flexibility index (Phi) is 5.81. The number of nitrogens with zero attached hydrogens (tertiary/aromatic N) is 3. The predicted molar refractivity (Wildman–Crippen MR) is 93.8 cm³/mol. The van der Waals surface area contributed by atoms with Gasteiger partial charge in [0.25, 0.3) is 5.69 Å². The summed E-state index contributed by atoms with van der Waals surface area (Å²) < 4.78 is 4.60. The number of nitro benzene ring substituents is 1. The molecule has 0 radical (unpaired) electrons. The molecular formula is C17H23N3O6. The molecule has 0 unspecified atom stereocenters. The predicted octanol–water partition coefficient (Wildman–Crippen LogP) is 2.01. The highest BCUT2D eigenvalue weighted by atomic mass is 16.7. The fraction of sp³-hybridized carbons (Fsp3) is 0.529. The molecule has 9 nitrogen and oxygen atoms in total. The average molecular weight is 365 g/mol. The summed E-state index contributed by atoms with van der Waals surface area (Å²) in [7, 11) is 1.22. The highest BCUT2D eigenvalue weighted by Gasteiger charge is 2.29. The minimum atomic E-state index is -0.626. The Bertz CT molecular complexity index is 705. The van der Waals surface area contributed by atoms with E-state index in [9.17, 15) is 19.7 Å². The number of carbonyl (C=O) groups excluding carboxylic acids is 2. The Morgan fingerprint density at radius 1 is 1.15 bits per heavy atom. The topological polar surface area (TPSA) is 102 Å². The van der Waals surface area contributed by atoms with Crippen LogP contribution in [0, 0.1) is 15.5 Å². The number of nitro groups is 1. The number of methoxy groups -OCH3 is 1. The van der Waals surface area contributed by atoms with Gasteiger partial charge in [-0.1, -0.05) is 0 Å². The number of ether oxygens (including phenoxy) is 1. The van der Waals surface area contributed by atoms with Crippen molar-refractivity contribution in [2.24, 2.45) is 5.41 Å². The molecule has 0 bridgehead atoms. The second-order valence-electron chi connectivity index (χ2n) is 7.00. The number of benzene rings is 1. The van der Waals surface area contributed by atoms with Crippen LogP contribution >= 0.6 is 0 Å². The summed E-state index contributed by atoms with van der Waals surface area (Å²) in [5.74, 6) is -0.946. The molecule has 1 saturated heterocycles. The van der Waals surface area contributed by atoms with Crippen LogP contribution in [0.4, 0.5) is 11.4 Å². The van der Waals surface area contributed by atoms with E-state index < -0.39 is 16.3 Å². The van der Waals surface area contributed by atoms with Crippen LogP contribution in [0.15, 0.2) is 18.2 Å². The third-order valence-corrected chi connectivity index (χ3v) is 4.00. The van der Waals surface area contributed by atoms with Crippen LogP contribution in [-0.4, -0.2) is 55.2 Å². The highest BCUT2D eigenvalue weighted by molar-refractivity contribution is 5.91.